The lowest BCUT2D eigenvalue weighted by molar-refractivity contribution is 0.232. The van der Waals surface area contributed by atoms with Gasteiger partial charge in [0.05, 0.1) is 0 Å². The minimum absolute atomic E-state index is 0.0531. The molecular weight excluding hydrogens is 334 g/mol. The Kier molecular flexibility index (Phi) is 5.42. The molecule has 0 bridgehead atoms. The lowest BCUT2D eigenvalue weighted by atomic mass is 9.91. The first-order valence-electron chi connectivity index (χ1n) is 9.96. The van der Waals surface area contributed by atoms with Crippen molar-refractivity contribution < 1.29 is 4.79 Å². The topological polar surface area (TPSA) is 56.9 Å². The van der Waals surface area contributed by atoms with Crippen LogP contribution in [0.3, 0.4) is 0 Å². The number of amides is 2. The normalized spacial score (nSPS) is 16.1. The van der Waals surface area contributed by atoms with E-state index in [2.05, 4.69) is 64.3 Å². The summed E-state index contributed by atoms with van der Waals surface area (Å²) in [5.74, 6) is 0.111. The molecule has 1 atom stereocenters. The number of benzene rings is 2. The van der Waals surface area contributed by atoms with Gasteiger partial charge in [-0.05, 0) is 30.0 Å². The number of carbonyl (C=O) groups excluding carboxylic acids is 1. The molecule has 140 valence electrons. The van der Waals surface area contributed by atoms with Crippen LogP contribution in [0, 0.1) is 0 Å². The molecule has 3 aromatic rings. The largest absolute Gasteiger partial charge is 0.361 e. The van der Waals surface area contributed by atoms with Crippen LogP contribution in [0.25, 0.3) is 10.9 Å². The predicted octanol–water partition coefficient (Wildman–Crippen LogP) is 4.93. The molecule has 1 saturated carbocycles. The van der Waals surface area contributed by atoms with Gasteiger partial charge in [0.2, 0.25) is 0 Å². The number of hydrogen-bond donors (Lipinski definition) is 3. The highest BCUT2D eigenvalue weighted by atomic mass is 16.2. The van der Waals surface area contributed by atoms with Crippen molar-refractivity contribution in [3.63, 3.8) is 0 Å². The van der Waals surface area contributed by atoms with Crippen molar-refractivity contribution in [3.8, 4) is 0 Å². The van der Waals surface area contributed by atoms with Crippen molar-refractivity contribution in [3.05, 3.63) is 71.9 Å². The lowest BCUT2D eigenvalue weighted by Crippen LogP contribution is -2.44. The van der Waals surface area contributed by atoms with Crippen LogP contribution in [-0.2, 0) is 0 Å². The number of fused-ring (bicyclic) bond motifs is 1. The molecule has 4 nitrogen and oxygen atoms in total. The summed E-state index contributed by atoms with van der Waals surface area (Å²) in [6.45, 7) is 0.574. The molecule has 4 rings (SSSR count). The van der Waals surface area contributed by atoms with Gasteiger partial charge in [0.15, 0.2) is 0 Å². The molecule has 1 aliphatic rings. The molecule has 1 aliphatic carbocycles. The van der Waals surface area contributed by atoms with Crippen LogP contribution < -0.4 is 10.6 Å². The maximum Gasteiger partial charge on any atom is 0.315 e. The van der Waals surface area contributed by atoms with E-state index < -0.39 is 0 Å². The van der Waals surface area contributed by atoms with Gasteiger partial charge in [-0.2, -0.15) is 0 Å². The Morgan fingerprint density at radius 2 is 1.74 bits per heavy atom. The molecular formula is C23H27N3O. The summed E-state index contributed by atoms with van der Waals surface area (Å²) in [7, 11) is 0. The molecule has 1 aromatic heterocycles. The summed E-state index contributed by atoms with van der Waals surface area (Å²) in [5.41, 5.74) is 3.55. The maximum absolute atomic E-state index is 12.5. The number of carbonyl (C=O) groups is 1. The minimum atomic E-state index is -0.0531. The van der Waals surface area contributed by atoms with Crippen LogP contribution in [0.1, 0.15) is 49.1 Å². The second-order valence-corrected chi connectivity index (χ2v) is 7.44. The third kappa shape index (κ3) is 4.16. The highest BCUT2D eigenvalue weighted by Gasteiger charge is 2.20. The van der Waals surface area contributed by atoms with Crippen molar-refractivity contribution in [2.45, 2.75) is 44.1 Å². The van der Waals surface area contributed by atoms with Gasteiger partial charge < -0.3 is 15.6 Å². The van der Waals surface area contributed by atoms with Gasteiger partial charge in [-0.3, -0.25) is 0 Å². The number of urea groups is 1. The fourth-order valence-corrected chi connectivity index (χ4v) is 4.15. The van der Waals surface area contributed by atoms with Crippen LogP contribution in [0.15, 0.2) is 60.8 Å². The van der Waals surface area contributed by atoms with E-state index in [0.717, 1.165) is 18.4 Å². The summed E-state index contributed by atoms with van der Waals surface area (Å²) >= 11 is 0. The molecule has 2 aromatic carbocycles. The third-order valence-corrected chi connectivity index (χ3v) is 5.61. The van der Waals surface area contributed by atoms with Crippen LogP contribution in [0.4, 0.5) is 4.79 Å². The van der Waals surface area contributed by atoms with Crippen molar-refractivity contribution in [2.75, 3.05) is 6.54 Å². The molecule has 0 saturated heterocycles. The molecule has 27 heavy (non-hydrogen) atoms. The highest BCUT2D eigenvalue weighted by molar-refractivity contribution is 5.84. The van der Waals surface area contributed by atoms with Gasteiger partial charge >= 0.3 is 6.03 Å². The monoisotopic (exact) mass is 361 g/mol. The van der Waals surface area contributed by atoms with E-state index in [1.807, 2.05) is 12.1 Å². The zero-order chi connectivity index (χ0) is 18.5. The van der Waals surface area contributed by atoms with Gasteiger partial charge in [-0.1, -0.05) is 67.8 Å². The van der Waals surface area contributed by atoms with E-state index in [-0.39, 0.29) is 11.9 Å². The number of aromatic amines is 1. The Morgan fingerprint density at radius 3 is 2.56 bits per heavy atom. The molecule has 2 amide bonds. The van der Waals surface area contributed by atoms with Crippen LogP contribution in [0.5, 0.6) is 0 Å². The Bertz CT molecular complexity index is 881. The second-order valence-electron chi connectivity index (χ2n) is 7.44. The smallest absolute Gasteiger partial charge is 0.315 e. The van der Waals surface area contributed by atoms with Gasteiger partial charge in [-0.15, -0.1) is 0 Å². The molecule has 0 aliphatic heterocycles. The van der Waals surface area contributed by atoms with Crippen molar-refractivity contribution in [1.82, 2.24) is 15.6 Å². The summed E-state index contributed by atoms with van der Waals surface area (Å²) < 4.78 is 0. The van der Waals surface area contributed by atoms with Crippen molar-refractivity contribution in [2.24, 2.45) is 0 Å². The fourth-order valence-electron chi connectivity index (χ4n) is 4.15. The van der Waals surface area contributed by atoms with E-state index >= 15 is 0 Å². The Labute approximate surface area is 160 Å². The number of aromatic nitrogens is 1. The molecule has 0 radical (unpaired) electrons. The summed E-state index contributed by atoms with van der Waals surface area (Å²) in [4.78, 5) is 15.8. The summed E-state index contributed by atoms with van der Waals surface area (Å²) in [6, 6.07) is 19.0. The average Bonchev–Trinajstić information content (AvgIpc) is 3.14. The van der Waals surface area contributed by atoms with Gasteiger partial charge in [-0.25, -0.2) is 4.79 Å². The zero-order valence-electron chi connectivity index (χ0n) is 15.6. The molecule has 4 heteroatoms. The summed E-state index contributed by atoms with van der Waals surface area (Å²) in [5, 5.41) is 7.48. The molecule has 1 unspecified atom stereocenters. The number of para-hydroxylation sites is 1. The van der Waals surface area contributed by atoms with E-state index in [1.54, 1.807) is 0 Å². The predicted molar refractivity (Wildman–Crippen MR) is 110 cm³/mol. The first kappa shape index (κ1) is 17.7. The molecule has 1 heterocycles. The minimum Gasteiger partial charge on any atom is -0.361 e. The Balaban J connectivity index is 1.51. The molecule has 3 N–H and O–H groups in total. The van der Waals surface area contributed by atoms with Crippen molar-refractivity contribution in [1.29, 1.82) is 0 Å². The van der Waals surface area contributed by atoms with E-state index in [9.17, 15) is 4.79 Å². The van der Waals surface area contributed by atoms with Gasteiger partial charge in [0.25, 0.3) is 0 Å². The SMILES string of the molecule is O=C(NCC(c1ccccc1)c1c[nH]c2ccccc12)NC1CCCCC1. The average molecular weight is 361 g/mol. The quantitative estimate of drug-likeness (QED) is 0.593. The van der Waals surface area contributed by atoms with E-state index in [1.165, 1.54) is 35.8 Å². The van der Waals surface area contributed by atoms with Gasteiger partial charge in [0, 0.05) is 35.6 Å². The fraction of sp³-hybridized carbons (Fsp3) is 0.348. The maximum atomic E-state index is 12.5. The lowest BCUT2D eigenvalue weighted by Gasteiger charge is -2.24. The number of H-pyrrole nitrogens is 1. The van der Waals surface area contributed by atoms with Crippen LogP contribution in [0.2, 0.25) is 0 Å². The number of nitrogens with one attached hydrogen (secondary N) is 3. The molecule has 1 fully saturated rings. The van der Waals surface area contributed by atoms with Gasteiger partial charge in [0.1, 0.15) is 0 Å². The number of rotatable bonds is 5. The van der Waals surface area contributed by atoms with E-state index in [4.69, 9.17) is 0 Å². The first-order valence-corrected chi connectivity index (χ1v) is 9.96. The standard InChI is InChI=1S/C23H27N3O/c27-23(26-18-11-5-2-6-12-18)25-15-20(17-9-3-1-4-10-17)21-16-24-22-14-8-7-13-19(21)22/h1,3-4,7-10,13-14,16,18,20,24H,2,5-6,11-12,15H2,(H2,25,26,27). The van der Waals surface area contributed by atoms with Crippen LogP contribution >= 0.6 is 0 Å². The van der Waals surface area contributed by atoms with Crippen molar-refractivity contribution >= 4 is 16.9 Å². The third-order valence-electron chi connectivity index (χ3n) is 5.61. The first-order chi connectivity index (χ1) is 13.3. The molecule has 0 spiro atoms. The zero-order valence-corrected chi connectivity index (χ0v) is 15.6. The highest BCUT2D eigenvalue weighted by Crippen LogP contribution is 2.30. The van der Waals surface area contributed by atoms with Crippen LogP contribution in [-0.4, -0.2) is 23.6 Å². The Hall–Kier alpha value is -2.75. The second kappa shape index (κ2) is 8.30. The Morgan fingerprint density at radius 1 is 1.00 bits per heavy atom. The van der Waals surface area contributed by atoms with E-state index in [0.29, 0.717) is 12.6 Å². The number of hydrogen-bond acceptors (Lipinski definition) is 1. The summed E-state index contributed by atoms with van der Waals surface area (Å²) in [6.07, 6.45) is 7.98.